The normalized spacial score (nSPS) is 20.5. The molecule has 0 bridgehead atoms. The van der Waals surface area contributed by atoms with Gasteiger partial charge < -0.3 is 15.1 Å². The summed E-state index contributed by atoms with van der Waals surface area (Å²) in [6.45, 7) is 7.23. The van der Waals surface area contributed by atoms with E-state index in [0.29, 0.717) is 25.9 Å². The van der Waals surface area contributed by atoms with Gasteiger partial charge in [-0.2, -0.15) is 4.31 Å². The number of benzene rings is 2. The van der Waals surface area contributed by atoms with Crippen molar-refractivity contribution in [3.05, 3.63) is 59.7 Å². The number of carbonyl (C=O) groups is 1. The van der Waals surface area contributed by atoms with Crippen LogP contribution in [0.15, 0.2) is 53.4 Å². The number of rotatable bonds is 6. The number of piperidine rings is 1. The largest absolute Gasteiger partial charge is 0.369 e. The van der Waals surface area contributed by atoms with Crippen LogP contribution in [0, 0.1) is 12.8 Å². The fourth-order valence-electron chi connectivity index (χ4n) is 4.46. The second kappa shape index (κ2) is 10.2. The summed E-state index contributed by atoms with van der Waals surface area (Å²) in [5.74, 6) is -0.412. The Morgan fingerprint density at radius 2 is 1.64 bits per heavy atom. The molecule has 2 fully saturated rings. The molecule has 2 heterocycles. The van der Waals surface area contributed by atoms with Crippen molar-refractivity contribution in [1.29, 1.82) is 0 Å². The number of sulfonamides is 1. The maximum atomic E-state index is 13.0. The molecule has 2 aromatic rings. The molecule has 2 saturated heterocycles. The van der Waals surface area contributed by atoms with E-state index in [1.807, 2.05) is 6.92 Å². The van der Waals surface area contributed by atoms with Crippen LogP contribution in [0.5, 0.6) is 0 Å². The van der Waals surface area contributed by atoms with E-state index < -0.39 is 10.0 Å². The van der Waals surface area contributed by atoms with Gasteiger partial charge in [0.1, 0.15) is 0 Å². The molecule has 33 heavy (non-hydrogen) atoms. The Labute approximate surface area is 197 Å². The number of aryl methyl sites for hydroxylation is 1. The van der Waals surface area contributed by atoms with Gasteiger partial charge in [0.2, 0.25) is 15.9 Å². The average Bonchev–Trinajstić information content (AvgIpc) is 2.84. The molecule has 0 radical (unpaired) electrons. The van der Waals surface area contributed by atoms with E-state index in [-0.39, 0.29) is 23.3 Å². The standard InChI is InChI=1S/C25H34N4O3S/c1-20-5-11-24(12-6-20)33(31,32)29-13-3-4-22(19-29)25(30)26-18-21-7-9-23(10-8-21)28-16-14-27(2)15-17-28/h5-12,22H,3-4,13-19H2,1-2H3,(H,26,30)/t22-/m0/s1. The summed E-state index contributed by atoms with van der Waals surface area (Å²) in [5, 5.41) is 3.01. The van der Waals surface area contributed by atoms with Crippen LogP contribution in [-0.4, -0.2) is 69.8 Å². The van der Waals surface area contributed by atoms with E-state index in [4.69, 9.17) is 0 Å². The molecule has 178 valence electrons. The van der Waals surface area contributed by atoms with Gasteiger partial charge >= 0.3 is 0 Å². The number of carbonyl (C=O) groups excluding carboxylic acids is 1. The number of nitrogens with one attached hydrogen (secondary N) is 1. The van der Waals surface area contributed by atoms with Crippen molar-refractivity contribution in [2.75, 3.05) is 51.2 Å². The molecule has 0 aliphatic carbocycles. The lowest BCUT2D eigenvalue weighted by atomic mass is 9.98. The monoisotopic (exact) mass is 470 g/mol. The Morgan fingerprint density at radius 1 is 0.970 bits per heavy atom. The molecule has 7 nitrogen and oxygen atoms in total. The van der Waals surface area contributed by atoms with E-state index in [2.05, 4.69) is 46.4 Å². The van der Waals surface area contributed by atoms with Crippen LogP contribution in [0.4, 0.5) is 5.69 Å². The second-order valence-corrected chi connectivity index (χ2v) is 11.1. The van der Waals surface area contributed by atoms with Gasteiger partial charge in [0.15, 0.2) is 0 Å². The first-order valence-corrected chi connectivity index (χ1v) is 13.1. The Balaban J connectivity index is 1.31. The van der Waals surface area contributed by atoms with Crippen LogP contribution in [0.25, 0.3) is 0 Å². The molecule has 0 saturated carbocycles. The number of hydrogen-bond acceptors (Lipinski definition) is 5. The van der Waals surface area contributed by atoms with Gasteiger partial charge in [-0.05, 0) is 56.6 Å². The first kappa shape index (κ1) is 23.7. The van der Waals surface area contributed by atoms with Crippen molar-refractivity contribution in [1.82, 2.24) is 14.5 Å². The predicted octanol–water partition coefficient (Wildman–Crippen LogP) is 2.46. The van der Waals surface area contributed by atoms with Gasteiger partial charge in [0.25, 0.3) is 0 Å². The summed E-state index contributed by atoms with van der Waals surface area (Å²) in [6.07, 6.45) is 1.39. The van der Waals surface area contributed by atoms with Gasteiger partial charge in [0, 0.05) is 51.5 Å². The Morgan fingerprint density at radius 3 is 2.30 bits per heavy atom. The van der Waals surface area contributed by atoms with E-state index >= 15 is 0 Å². The Hall–Kier alpha value is -2.42. The number of piperazine rings is 1. The molecule has 2 aliphatic rings. The summed E-state index contributed by atoms with van der Waals surface area (Å²) in [5.41, 5.74) is 3.27. The summed E-state index contributed by atoms with van der Waals surface area (Å²) in [4.78, 5) is 17.8. The third kappa shape index (κ3) is 5.75. The van der Waals surface area contributed by atoms with Gasteiger partial charge in [-0.3, -0.25) is 4.79 Å². The van der Waals surface area contributed by atoms with Crippen LogP contribution in [0.1, 0.15) is 24.0 Å². The smallest absolute Gasteiger partial charge is 0.243 e. The van der Waals surface area contributed by atoms with Crippen molar-refractivity contribution >= 4 is 21.6 Å². The molecule has 0 spiro atoms. The van der Waals surface area contributed by atoms with Gasteiger partial charge in [-0.1, -0.05) is 29.8 Å². The molecule has 2 aliphatic heterocycles. The first-order chi connectivity index (χ1) is 15.8. The van der Waals surface area contributed by atoms with Crippen molar-refractivity contribution in [3.8, 4) is 0 Å². The summed E-state index contributed by atoms with van der Waals surface area (Å²) in [7, 11) is -1.44. The average molecular weight is 471 g/mol. The van der Waals surface area contributed by atoms with Crippen LogP contribution >= 0.6 is 0 Å². The SMILES string of the molecule is Cc1ccc(S(=O)(=O)N2CCC[C@H](C(=O)NCc3ccc(N4CCN(C)CC4)cc3)C2)cc1. The van der Waals surface area contributed by atoms with Crippen LogP contribution in [-0.2, 0) is 21.4 Å². The minimum absolute atomic E-state index is 0.0815. The molecular weight excluding hydrogens is 436 g/mol. The van der Waals surface area contributed by atoms with Crippen molar-refractivity contribution < 1.29 is 13.2 Å². The topological polar surface area (TPSA) is 73.0 Å². The molecule has 2 aromatic carbocycles. The summed E-state index contributed by atoms with van der Waals surface area (Å²) < 4.78 is 27.5. The van der Waals surface area contributed by atoms with E-state index in [9.17, 15) is 13.2 Å². The van der Waals surface area contributed by atoms with Gasteiger partial charge in [-0.15, -0.1) is 0 Å². The van der Waals surface area contributed by atoms with Gasteiger partial charge in [-0.25, -0.2) is 8.42 Å². The molecule has 0 aromatic heterocycles. The zero-order valence-electron chi connectivity index (χ0n) is 19.5. The number of likely N-dealkylation sites (N-methyl/N-ethyl adjacent to an activating group) is 1. The molecule has 1 atom stereocenters. The van der Waals surface area contributed by atoms with Crippen LogP contribution in [0.3, 0.4) is 0 Å². The third-order valence-electron chi connectivity index (χ3n) is 6.69. The highest BCUT2D eigenvalue weighted by Crippen LogP contribution is 2.24. The first-order valence-electron chi connectivity index (χ1n) is 11.7. The minimum atomic E-state index is -3.59. The van der Waals surface area contributed by atoms with Crippen LogP contribution < -0.4 is 10.2 Å². The maximum absolute atomic E-state index is 13.0. The lowest BCUT2D eigenvalue weighted by Gasteiger charge is -2.34. The van der Waals surface area contributed by atoms with Crippen molar-refractivity contribution in [2.24, 2.45) is 5.92 Å². The maximum Gasteiger partial charge on any atom is 0.243 e. The van der Waals surface area contributed by atoms with Gasteiger partial charge in [0.05, 0.1) is 10.8 Å². The summed E-state index contributed by atoms with van der Waals surface area (Å²) >= 11 is 0. The number of anilines is 1. The quantitative estimate of drug-likeness (QED) is 0.702. The Bertz CT molecular complexity index is 1050. The molecular formula is C25H34N4O3S. The lowest BCUT2D eigenvalue weighted by molar-refractivity contribution is -0.126. The summed E-state index contributed by atoms with van der Waals surface area (Å²) in [6, 6.07) is 15.2. The molecule has 0 unspecified atom stereocenters. The van der Waals surface area contributed by atoms with E-state index in [1.165, 1.54) is 9.99 Å². The lowest BCUT2D eigenvalue weighted by Crippen LogP contribution is -2.45. The highest BCUT2D eigenvalue weighted by Gasteiger charge is 2.33. The van der Waals surface area contributed by atoms with Crippen molar-refractivity contribution in [3.63, 3.8) is 0 Å². The number of amides is 1. The molecule has 1 amide bonds. The Kier molecular flexibility index (Phi) is 7.36. The molecule has 8 heteroatoms. The zero-order chi connectivity index (χ0) is 23.4. The highest BCUT2D eigenvalue weighted by molar-refractivity contribution is 7.89. The number of hydrogen-bond donors (Lipinski definition) is 1. The van der Waals surface area contributed by atoms with Crippen molar-refractivity contribution in [2.45, 2.75) is 31.2 Å². The highest BCUT2D eigenvalue weighted by atomic mass is 32.2. The van der Waals surface area contributed by atoms with Crippen LogP contribution in [0.2, 0.25) is 0 Å². The fraction of sp³-hybridized carbons (Fsp3) is 0.480. The minimum Gasteiger partial charge on any atom is -0.369 e. The molecule has 4 rings (SSSR count). The zero-order valence-corrected chi connectivity index (χ0v) is 20.4. The fourth-order valence-corrected chi connectivity index (χ4v) is 5.98. The second-order valence-electron chi connectivity index (χ2n) is 9.19. The number of nitrogens with zero attached hydrogens (tertiary/aromatic N) is 3. The van der Waals surface area contributed by atoms with E-state index in [0.717, 1.165) is 37.3 Å². The molecule has 1 N–H and O–H groups in total. The third-order valence-corrected chi connectivity index (χ3v) is 8.56. The van der Waals surface area contributed by atoms with E-state index in [1.54, 1.807) is 24.3 Å². The predicted molar refractivity (Wildman–Crippen MR) is 131 cm³/mol.